The average molecular weight is 365 g/mol. The first-order chi connectivity index (χ1) is 9.38. The summed E-state index contributed by atoms with van der Waals surface area (Å²) in [5, 5.41) is 0. The molecule has 1 aromatic rings. The van der Waals surface area contributed by atoms with E-state index in [4.69, 9.17) is 0 Å². The van der Waals surface area contributed by atoms with Gasteiger partial charge in [-0.15, -0.1) is 0 Å². The van der Waals surface area contributed by atoms with Crippen LogP contribution in [0.5, 0.6) is 0 Å². The van der Waals surface area contributed by atoms with Crippen molar-refractivity contribution in [2.24, 2.45) is 5.92 Å². The Morgan fingerprint density at radius 2 is 2.05 bits per heavy atom. The number of likely N-dealkylation sites (tertiary alicyclic amines) is 1. The molecule has 1 heterocycles. The van der Waals surface area contributed by atoms with Gasteiger partial charge in [0.25, 0.3) is 0 Å². The van der Waals surface area contributed by atoms with Gasteiger partial charge in [0, 0.05) is 11.0 Å². The fraction of sp³-hybridized carbons (Fsp3) is 0.538. The minimum Gasteiger partial charge on any atom is -0.306 e. The Balaban J connectivity index is 2.00. The third kappa shape index (κ3) is 4.00. The van der Waals surface area contributed by atoms with E-state index in [9.17, 15) is 12.8 Å². The van der Waals surface area contributed by atoms with E-state index < -0.39 is 15.8 Å². The molecule has 1 aliphatic rings. The molecule has 1 aromatic carbocycles. The molecule has 1 aliphatic heterocycles. The third-order valence-electron chi connectivity index (χ3n) is 3.58. The highest BCUT2D eigenvalue weighted by Crippen LogP contribution is 2.20. The third-order valence-corrected chi connectivity index (χ3v) is 5.53. The molecule has 0 aliphatic carbocycles. The molecule has 20 heavy (non-hydrogen) atoms. The molecule has 0 spiro atoms. The number of halogens is 2. The van der Waals surface area contributed by atoms with Gasteiger partial charge < -0.3 is 4.90 Å². The number of nitrogens with zero attached hydrogens (tertiary/aromatic N) is 1. The molecule has 0 amide bonds. The quantitative estimate of drug-likeness (QED) is 0.890. The maximum atomic E-state index is 13.7. The molecule has 1 fully saturated rings. The first kappa shape index (κ1) is 15.9. The van der Waals surface area contributed by atoms with Crippen LogP contribution >= 0.6 is 15.9 Å². The predicted octanol–water partition coefficient (Wildman–Crippen LogP) is 2.21. The zero-order chi connectivity index (χ0) is 14.8. The van der Waals surface area contributed by atoms with Crippen molar-refractivity contribution in [2.45, 2.75) is 17.7 Å². The number of sulfonamides is 1. The normalized spacial score (nSPS) is 18.4. The van der Waals surface area contributed by atoms with E-state index in [1.807, 2.05) is 0 Å². The smallest absolute Gasteiger partial charge is 0.243 e. The van der Waals surface area contributed by atoms with Gasteiger partial charge in [0.2, 0.25) is 10.0 Å². The number of rotatable bonds is 4. The second-order valence-electron chi connectivity index (χ2n) is 5.17. The van der Waals surface area contributed by atoms with Crippen molar-refractivity contribution < 1.29 is 12.8 Å². The Morgan fingerprint density at radius 3 is 2.65 bits per heavy atom. The largest absolute Gasteiger partial charge is 0.306 e. The molecule has 112 valence electrons. The summed E-state index contributed by atoms with van der Waals surface area (Å²) < 4.78 is 40.9. The van der Waals surface area contributed by atoms with Gasteiger partial charge in [0.15, 0.2) is 0 Å². The fourth-order valence-corrected chi connectivity index (χ4v) is 3.77. The van der Waals surface area contributed by atoms with E-state index in [1.54, 1.807) is 0 Å². The predicted molar refractivity (Wildman–Crippen MR) is 79.5 cm³/mol. The first-order valence-corrected chi connectivity index (χ1v) is 8.79. The van der Waals surface area contributed by atoms with Gasteiger partial charge in [0.1, 0.15) is 10.7 Å². The molecular weight excluding hydrogens is 347 g/mol. The number of benzene rings is 1. The highest BCUT2D eigenvalue weighted by Gasteiger charge is 2.22. The summed E-state index contributed by atoms with van der Waals surface area (Å²) in [5.74, 6) is -0.422. The molecule has 7 heteroatoms. The Hall–Kier alpha value is -0.500. The van der Waals surface area contributed by atoms with E-state index in [0.29, 0.717) is 16.9 Å². The molecule has 0 bridgehead atoms. The summed E-state index contributed by atoms with van der Waals surface area (Å²) in [4.78, 5) is 1.92. The lowest BCUT2D eigenvalue weighted by Gasteiger charge is -2.28. The first-order valence-electron chi connectivity index (χ1n) is 6.52. The molecule has 0 saturated carbocycles. The van der Waals surface area contributed by atoms with Gasteiger partial charge in [-0.05, 0) is 57.1 Å². The van der Waals surface area contributed by atoms with Gasteiger partial charge in [-0.25, -0.2) is 17.5 Å². The molecule has 0 radical (unpaired) electrons. The van der Waals surface area contributed by atoms with Crippen LogP contribution < -0.4 is 4.72 Å². The van der Waals surface area contributed by atoms with Crippen molar-refractivity contribution in [3.05, 3.63) is 28.5 Å². The summed E-state index contributed by atoms with van der Waals surface area (Å²) >= 11 is 3.11. The van der Waals surface area contributed by atoms with E-state index in [0.717, 1.165) is 32.0 Å². The molecule has 0 unspecified atom stereocenters. The maximum absolute atomic E-state index is 13.7. The summed E-state index contributed by atoms with van der Waals surface area (Å²) in [6, 6.07) is 3.95. The lowest BCUT2D eigenvalue weighted by atomic mass is 9.98. The lowest BCUT2D eigenvalue weighted by Crippen LogP contribution is -2.37. The van der Waals surface area contributed by atoms with Crippen molar-refractivity contribution in [2.75, 3.05) is 26.7 Å². The Bertz CT molecular complexity index is 572. The monoisotopic (exact) mass is 364 g/mol. The highest BCUT2D eigenvalue weighted by atomic mass is 79.9. The van der Waals surface area contributed by atoms with Gasteiger partial charge in [-0.1, -0.05) is 15.9 Å². The van der Waals surface area contributed by atoms with Gasteiger partial charge in [-0.2, -0.15) is 0 Å². The highest BCUT2D eigenvalue weighted by molar-refractivity contribution is 9.10. The summed E-state index contributed by atoms with van der Waals surface area (Å²) in [6.45, 7) is 2.31. The van der Waals surface area contributed by atoms with E-state index >= 15 is 0 Å². The fourth-order valence-electron chi connectivity index (χ4n) is 2.26. The van der Waals surface area contributed by atoms with Crippen LogP contribution in [0.3, 0.4) is 0 Å². The van der Waals surface area contributed by atoms with Crippen molar-refractivity contribution in [1.29, 1.82) is 0 Å². The Kier molecular flexibility index (Phi) is 5.17. The van der Waals surface area contributed by atoms with Crippen molar-refractivity contribution in [1.82, 2.24) is 9.62 Å². The Labute approximate surface area is 127 Å². The molecule has 0 aromatic heterocycles. The zero-order valence-electron chi connectivity index (χ0n) is 11.3. The molecular formula is C13H18BrFN2O2S. The van der Waals surface area contributed by atoms with Gasteiger partial charge in [0.05, 0.1) is 0 Å². The van der Waals surface area contributed by atoms with Crippen molar-refractivity contribution in [3.8, 4) is 0 Å². The van der Waals surface area contributed by atoms with E-state index in [-0.39, 0.29) is 4.90 Å². The zero-order valence-corrected chi connectivity index (χ0v) is 13.7. The molecule has 1 saturated heterocycles. The minimum absolute atomic E-state index is 0.298. The summed E-state index contributed by atoms with van der Waals surface area (Å²) in [6.07, 6.45) is 1.92. The second kappa shape index (κ2) is 6.51. The molecule has 0 atom stereocenters. The van der Waals surface area contributed by atoms with Crippen molar-refractivity contribution >= 4 is 26.0 Å². The molecule has 4 nitrogen and oxygen atoms in total. The lowest BCUT2D eigenvalue weighted by molar-refractivity contribution is 0.220. The average Bonchev–Trinajstić information content (AvgIpc) is 2.37. The van der Waals surface area contributed by atoms with Crippen LogP contribution in [0.15, 0.2) is 27.6 Å². The summed E-state index contributed by atoms with van der Waals surface area (Å²) in [7, 11) is -1.73. The van der Waals surface area contributed by atoms with Crippen LogP contribution in [0.2, 0.25) is 0 Å². The number of hydrogen-bond donors (Lipinski definition) is 1. The van der Waals surface area contributed by atoms with Crippen LogP contribution in [-0.4, -0.2) is 40.0 Å². The second-order valence-corrected chi connectivity index (χ2v) is 7.82. The SMILES string of the molecule is CN1CCC(CNS(=O)(=O)c2ccc(Br)cc2F)CC1. The molecule has 1 N–H and O–H groups in total. The van der Waals surface area contributed by atoms with Gasteiger partial charge in [-0.3, -0.25) is 0 Å². The Morgan fingerprint density at radius 1 is 1.40 bits per heavy atom. The van der Waals surface area contributed by atoms with Gasteiger partial charge >= 0.3 is 0 Å². The number of nitrogens with one attached hydrogen (secondary N) is 1. The van der Waals surface area contributed by atoms with Crippen molar-refractivity contribution in [3.63, 3.8) is 0 Å². The van der Waals surface area contributed by atoms with Crippen LogP contribution in [-0.2, 0) is 10.0 Å². The summed E-state index contributed by atoms with van der Waals surface area (Å²) in [5.41, 5.74) is 0. The molecule has 2 rings (SSSR count). The number of hydrogen-bond acceptors (Lipinski definition) is 3. The van der Waals surface area contributed by atoms with E-state index in [2.05, 4.69) is 32.6 Å². The maximum Gasteiger partial charge on any atom is 0.243 e. The standard InChI is InChI=1S/C13H18BrFN2O2S/c1-17-6-4-10(5-7-17)9-16-20(18,19)13-3-2-11(14)8-12(13)15/h2-3,8,10,16H,4-7,9H2,1H3. The van der Waals surface area contributed by atoms with E-state index in [1.165, 1.54) is 12.1 Å². The van der Waals surface area contributed by atoms with Crippen LogP contribution in [0.1, 0.15) is 12.8 Å². The topological polar surface area (TPSA) is 49.4 Å². The minimum atomic E-state index is -3.78. The van der Waals surface area contributed by atoms with Crippen LogP contribution in [0, 0.1) is 11.7 Å². The van der Waals surface area contributed by atoms with Crippen LogP contribution in [0.4, 0.5) is 4.39 Å². The van der Waals surface area contributed by atoms with Crippen LogP contribution in [0.25, 0.3) is 0 Å². The number of piperidine rings is 1.